The van der Waals surface area contributed by atoms with Crippen LogP contribution in [0.1, 0.15) is 62.4 Å². The summed E-state index contributed by atoms with van der Waals surface area (Å²) in [7, 11) is 0. The van der Waals surface area contributed by atoms with Crippen LogP contribution >= 0.6 is 0 Å². The Hall–Kier alpha value is -2.78. The maximum absolute atomic E-state index is 12.9. The summed E-state index contributed by atoms with van der Waals surface area (Å²) in [6.07, 6.45) is -5.68. The Morgan fingerprint density at radius 3 is 2.58 bits per heavy atom. The first-order valence-corrected chi connectivity index (χ1v) is 15.9. The standard InChI is InChI=1S/C32H51N5O8/c1-19(2)25-23(29(36-35-25)45-30-28(41)27(40)26(39)24(17-38)44-30)16-21-7-8-22(15-20(21)3)43-14-6-9-34-18-32(4,5)31(42)37-12-10-33-11-13-37/h7-8,15,19,24,26-28,30,33-34,38-41H,6,9-14,16-18H2,1-5H3,(H,35,36)/t24-,26-,27+,28-,30+/m1/s1. The van der Waals surface area contributed by atoms with Crippen molar-refractivity contribution in [1.29, 1.82) is 0 Å². The van der Waals surface area contributed by atoms with E-state index in [4.69, 9.17) is 14.2 Å². The van der Waals surface area contributed by atoms with Crippen LogP contribution in [0.2, 0.25) is 0 Å². The van der Waals surface area contributed by atoms with E-state index in [1.807, 2.05) is 57.7 Å². The Morgan fingerprint density at radius 1 is 1.18 bits per heavy atom. The largest absolute Gasteiger partial charge is 0.494 e. The molecule has 0 unspecified atom stereocenters. The van der Waals surface area contributed by atoms with Crippen LogP contribution in [-0.4, -0.2) is 125 Å². The summed E-state index contributed by atoms with van der Waals surface area (Å²) in [6.45, 7) is 14.6. The molecule has 0 spiro atoms. The first-order chi connectivity index (χ1) is 21.4. The molecule has 13 heteroatoms. The van der Waals surface area contributed by atoms with E-state index in [0.717, 1.165) is 67.3 Å². The van der Waals surface area contributed by atoms with Gasteiger partial charge in [0.05, 0.1) is 18.6 Å². The van der Waals surface area contributed by atoms with E-state index < -0.39 is 42.7 Å². The summed E-state index contributed by atoms with van der Waals surface area (Å²) in [5, 5.41) is 54.3. The fourth-order valence-corrected chi connectivity index (χ4v) is 5.69. The van der Waals surface area contributed by atoms with Crippen molar-refractivity contribution in [3.63, 3.8) is 0 Å². The van der Waals surface area contributed by atoms with Crippen molar-refractivity contribution in [2.45, 2.75) is 84.1 Å². The molecule has 2 saturated heterocycles. The molecule has 252 valence electrons. The number of benzene rings is 1. The maximum atomic E-state index is 12.9. The van der Waals surface area contributed by atoms with Crippen molar-refractivity contribution < 1.29 is 39.4 Å². The Balaban J connectivity index is 1.30. The summed E-state index contributed by atoms with van der Waals surface area (Å²) in [5.41, 5.74) is 3.23. The molecule has 4 rings (SSSR count). The number of hydrogen-bond acceptors (Lipinski definition) is 11. The van der Waals surface area contributed by atoms with E-state index in [9.17, 15) is 25.2 Å². The lowest BCUT2D eigenvalue weighted by molar-refractivity contribution is -0.278. The molecular weight excluding hydrogens is 582 g/mol. The monoisotopic (exact) mass is 633 g/mol. The molecule has 2 aliphatic rings. The van der Waals surface area contributed by atoms with Gasteiger partial charge in [-0.2, -0.15) is 0 Å². The summed E-state index contributed by atoms with van der Waals surface area (Å²) >= 11 is 0. The van der Waals surface area contributed by atoms with E-state index in [2.05, 4.69) is 20.8 Å². The van der Waals surface area contributed by atoms with Crippen LogP contribution in [-0.2, 0) is 16.0 Å². The Morgan fingerprint density at radius 2 is 1.91 bits per heavy atom. The number of nitrogens with zero attached hydrogens (tertiary/aromatic N) is 2. The molecule has 5 atom stereocenters. The summed E-state index contributed by atoms with van der Waals surface area (Å²) in [6, 6.07) is 5.92. The zero-order valence-electron chi connectivity index (χ0n) is 27.1. The number of aromatic nitrogens is 2. The van der Waals surface area contributed by atoms with Crippen LogP contribution in [0.4, 0.5) is 0 Å². The Labute approximate surface area is 265 Å². The van der Waals surface area contributed by atoms with E-state index in [-0.39, 0.29) is 17.7 Å². The van der Waals surface area contributed by atoms with Crippen molar-refractivity contribution in [3.05, 3.63) is 40.6 Å². The van der Waals surface area contributed by atoms with E-state index in [1.54, 1.807) is 0 Å². The zero-order valence-corrected chi connectivity index (χ0v) is 27.1. The van der Waals surface area contributed by atoms with Crippen LogP contribution in [0, 0.1) is 12.3 Å². The summed E-state index contributed by atoms with van der Waals surface area (Å²) in [5.74, 6) is 1.27. The SMILES string of the molecule is Cc1cc(OCCCNCC(C)(C)C(=O)N2CCNCC2)ccc1Cc1c(O[C@@H]2O[C@H](CO)[C@@H](O)[C@H](O)[C@H]2O)n[nH]c1C(C)C. The van der Waals surface area contributed by atoms with Crippen LogP contribution < -0.4 is 20.1 Å². The van der Waals surface area contributed by atoms with Crippen LogP contribution in [0.25, 0.3) is 0 Å². The van der Waals surface area contributed by atoms with Crippen molar-refractivity contribution in [1.82, 2.24) is 25.7 Å². The number of ether oxygens (including phenoxy) is 3. The summed E-state index contributed by atoms with van der Waals surface area (Å²) < 4.78 is 17.5. The molecule has 1 aromatic heterocycles. The van der Waals surface area contributed by atoms with Crippen molar-refractivity contribution >= 4 is 5.91 Å². The fourth-order valence-electron chi connectivity index (χ4n) is 5.69. The lowest BCUT2D eigenvalue weighted by atomic mass is 9.91. The molecule has 2 fully saturated rings. The van der Waals surface area contributed by atoms with Gasteiger partial charge in [0.2, 0.25) is 18.1 Å². The van der Waals surface area contributed by atoms with E-state index >= 15 is 0 Å². The highest BCUT2D eigenvalue weighted by molar-refractivity contribution is 5.82. The third-order valence-electron chi connectivity index (χ3n) is 8.51. The molecule has 1 amide bonds. The van der Waals surface area contributed by atoms with Gasteiger partial charge in [0.15, 0.2) is 0 Å². The van der Waals surface area contributed by atoms with Gasteiger partial charge in [-0.05, 0) is 62.9 Å². The lowest BCUT2D eigenvalue weighted by Gasteiger charge is -2.39. The second-order valence-electron chi connectivity index (χ2n) is 13.0. The van der Waals surface area contributed by atoms with Gasteiger partial charge >= 0.3 is 0 Å². The van der Waals surface area contributed by atoms with Gasteiger partial charge in [-0.1, -0.05) is 19.9 Å². The van der Waals surface area contributed by atoms with Crippen molar-refractivity contribution in [3.8, 4) is 11.6 Å². The number of carbonyl (C=O) groups is 1. The minimum absolute atomic E-state index is 0.0990. The molecule has 0 saturated carbocycles. The number of hydrogen-bond donors (Lipinski definition) is 7. The normalized spacial score (nSPS) is 24.2. The van der Waals surface area contributed by atoms with Crippen LogP contribution in [0.5, 0.6) is 11.6 Å². The van der Waals surface area contributed by atoms with Gasteiger partial charge in [0.1, 0.15) is 30.2 Å². The van der Waals surface area contributed by atoms with Crippen LogP contribution in [0.3, 0.4) is 0 Å². The highest BCUT2D eigenvalue weighted by atomic mass is 16.7. The second kappa shape index (κ2) is 15.7. The minimum atomic E-state index is -1.54. The van der Waals surface area contributed by atoms with Crippen LogP contribution in [0.15, 0.2) is 18.2 Å². The Bertz CT molecular complexity index is 1250. The van der Waals surface area contributed by atoms with E-state index in [0.29, 0.717) is 19.6 Å². The van der Waals surface area contributed by atoms with Gasteiger partial charge in [-0.3, -0.25) is 9.89 Å². The Kier molecular flexibility index (Phi) is 12.2. The minimum Gasteiger partial charge on any atom is -0.494 e. The zero-order chi connectivity index (χ0) is 32.7. The van der Waals surface area contributed by atoms with E-state index in [1.165, 1.54) is 0 Å². The number of carbonyl (C=O) groups excluding carboxylic acids is 1. The molecule has 45 heavy (non-hydrogen) atoms. The summed E-state index contributed by atoms with van der Waals surface area (Å²) in [4.78, 5) is 14.8. The van der Waals surface area contributed by atoms with Gasteiger partial charge in [0.25, 0.3) is 0 Å². The predicted molar refractivity (Wildman–Crippen MR) is 167 cm³/mol. The fraction of sp³-hybridized carbons (Fsp3) is 0.688. The molecule has 0 bridgehead atoms. The number of aliphatic hydroxyl groups is 4. The average molecular weight is 634 g/mol. The van der Waals surface area contributed by atoms with Gasteiger partial charge in [-0.15, -0.1) is 5.10 Å². The first-order valence-electron chi connectivity index (χ1n) is 15.9. The quantitative estimate of drug-likeness (QED) is 0.143. The molecule has 13 nitrogen and oxygen atoms in total. The number of aliphatic hydroxyl groups excluding tert-OH is 4. The number of rotatable bonds is 14. The number of nitrogens with one attached hydrogen (secondary N) is 3. The third-order valence-corrected chi connectivity index (χ3v) is 8.51. The first kappa shape index (κ1) is 35.1. The lowest BCUT2D eigenvalue weighted by Crippen LogP contribution is -2.60. The number of amides is 1. The molecule has 2 aliphatic heterocycles. The van der Waals surface area contributed by atoms with Crippen molar-refractivity contribution in [2.24, 2.45) is 5.41 Å². The number of aromatic amines is 1. The smallest absolute Gasteiger partial charge is 0.238 e. The molecule has 2 aromatic rings. The molecule has 0 radical (unpaired) electrons. The number of H-pyrrole nitrogens is 1. The molecule has 0 aliphatic carbocycles. The molecule has 1 aromatic carbocycles. The number of piperazine rings is 1. The van der Waals surface area contributed by atoms with Crippen molar-refractivity contribution in [2.75, 3.05) is 52.5 Å². The second-order valence-corrected chi connectivity index (χ2v) is 13.0. The van der Waals surface area contributed by atoms with Gasteiger partial charge in [0, 0.05) is 50.4 Å². The third kappa shape index (κ3) is 8.73. The topological polar surface area (TPSA) is 182 Å². The number of aryl methyl sites for hydroxylation is 1. The average Bonchev–Trinajstić information content (AvgIpc) is 3.42. The maximum Gasteiger partial charge on any atom is 0.238 e. The highest BCUT2D eigenvalue weighted by Crippen LogP contribution is 2.32. The molecule has 7 N–H and O–H groups in total. The molecular formula is C32H51N5O8. The highest BCUT2D eigenvalue weighted by Gasteiger charge is 2.45. The van der Waals surface area contributed by atoms with Gasteiger partial charge < -0.3 is 50.2 Å². The van der Waals surface area contributed by atoms with Gasteiger partial charge in [-0.25, -0.2) is 0 Å². The predicted octanol–water partition coefficient (Wildman–Crippen LogP) is 0.428. The molecule has 3 heterocycles.